The van der Waals surface area contributed by atoms with E-state index in [1.807, 2.05) is 0 Å². The molecule has 0 spiro atoms. The van der Waals surface area contributed by atoms with Gasteiger partial charge in [-0.2, -0.15) is 0 Å². The molecule has 4 rings (SSSR count). The highest BCUT2D eigenvalue weighted by atomic mass is 16.7. The molecule has 0 atom stereocenters. The Bertz CT molecular complexity index is 1090. The van der Waals surface area contributed by atoms with Crippen LogP contribution in [0.1, 0.15) is 32.4 Å². The SMILES string of the molecule is COc1cccc(C(=O)NC(NC(=O)c2cccc(OC)c2)c2ccc3c(c2)OCO3)c1. The highest BCUT2D eigenvalue weighted by molar-refractivity contribution is 5.97. The Balaban J connectivity index is 1.61. The summed E-state index contributed by atoms with van der Waals surface area (Å²) in [6.45, 7) is 0.121. The molecule has 1 heterocycles. The highest BCUT2D eigenvalue weighted by Crippen LogP contribution is 2.34. The van der Waals surface area contributed by atoms with Gasteiger partial charge in [0.1, 0.15) is 17.7 Å². The minimum absolute atomic E-state index is 0.121. The number of hydrogen-bond acceptors (Lipinski definition) is 6. The summed E-state index contributed by atoms with van der Waals surface area (Å²) in [6.07, 6.45) is -0.832. The Hall–Kier alpha value is -4.20. The van der Waals surface area contributed by atoms with Crippen molar-refractivity contribution >= 4 is 11.8 Å². The maximum absolute atomic E-state index is 13.0. The zero-order chi connectivity index (χ0) is 22.5. The van der Waals surface area contributed by atoms with Crippen LogP contribution < -0.4 is 29.6 Å². The van der Waals surface area contributed by atoms with Gasteiger partial charge in [-0.25, -0.2) is 0 Å². The van der Waals surface area contributed by atoms with E-state index in [4.69, 9.17) is 18.9 Å². The van der Waals surface area contributed by atoms with E-state index in [2.05, 4.69) is 10.6 Å². The predicted molar refractivity (Wildman–Crippen MR) is 116 cm³/mol. The lowest BCUT2D eigenvalue weighted by Crippen LogP contribution is -2.41. The van der Waals surface area contributed by atoms with Gasteiger partial charge in [-0.1, -0.05) is 18.2 Å². The summed E-state index contributed by atoms with van der Waals surface area (Å²) in [7, 11) is 3.06. The van der Waals surface area contributed by atoms with Crippen LogP contribution >= 0.6 is 0 Å². The van der Waals surface area contributed by atoms with Crippen molar-refractivity contribution in [2.75, 3.05) is 21.0 Å². The minimum Gasteiger partial charge on any atom is -0.497 e. The van der Waals surface area contributed by atoms with Crippen LogP contribution in [0.5, 0.6) is 23.0 Å². The number of nitrogens with one attached hydrogen (secondary N) is 2. The molecule has 164 valence electrons. The first kappa shape index (κ1) is 21.0. The third kappa shape index (κ3) is 4.59. The lowest BCUT2D eigenvalue weighted by atomic mass is 10.1. The van der Waals surface area contributed by atoms with Crippen molar-refractivity contribution in [1.82, 2.24) is 10.6 Å². The van der Waals surface area contributed by atoms with Crippen LogP contribution in [-0.4, -0.2) is 32.8 Å². The lowest BCUT2D eigenvalue weighted by Gasteiger charge is -2.21. The molecule has 2 N–H and O–H groups in total. The first-order valence-corrected chi connectivity index (χ1v) is 9.87. The van der Waals surface area contributed by atoms with Crippen molar-refractivity contribution in [2.45, 2.75) is 6.17 Å². The van der Waals surface area contributed by atoms with Crippen molar-refractivity contribution < 1.29 is 28.5 Å². The molecule has 8 heteroatoms. The molecule has 0 bridgehead atoms. The molecule has 0 fully saturated rings. The Kier molecular flexibility index (Phi) is 6.12. The normalized spacial score (nSPS) is 11.7. The molecule has 0 saturated carbocycles. The predicted octanol–water partition coefficient (Wildman–Crippen LogP) is 3.29. The molecule has 0 saturated heterocycles. The van der Waals surface area contributed by atoms with Gasteiger partial charge in [0.25, 0.3) is 11.8 Å². The average molecular weight is 434 g/mol. The van der Waals surface area contributed by atoms with Crippen molar-refractivity contribution in [1.29, 1.82) is 0 Å². The Labute approximate surface area is 185 Å². The van der Waals surface area contributed by atoms with Crippen molar-refractivity contribution in [3.63, 3.8) is 0 Å². The van der Waals surface area contributed by atoms with Crippen LogP contribution in [0.25, 0.3) is 0 Å². The molecule has 0 unspecified atom stereocenters. The van der Waals surface area contributed by atoms with E-state index in [-0.39, 0.29) is 18.6 Å². The van der Waals surface area contributed by atoms with Crippen molar-refractivity contribution in [3.05, 3.63) is 83.4 Å². The van der Waals surface area contributed by atoms with Gasteiger partial charge in [0, 0.05) is 11.1 Å². The summed E-state index contributed by atoms with van der Waals surface area (Å²) in [4.78, 5) is 25.9. The second-order valence-electron chi connectivity index (χ2n) is 6.96. The summed E-state index contributed by atoms with van der Waals surface area (Å²) in [6, 6.07) is 18.7. The molecule has 8 nitrogen and oxygen atoms in total. The zero-order valence-corrected chi connectivity index (χ0v) is 17.6. The van der Waals surface area contributed by atoms with E-state index in [0.29, 0.717) is 39.7 Å². The van der Waals surface area contributed by atoms with Gasteiger partial charge in [-0.05, 0) is 54.1 Å². The molecule has 0 aliphatic carbocycles. The fourth-order valence-corrected chi connectivity index (χ4v) is 3.25. The fraction of sp³-hybridized carbons (Fsp3) is 0.167. The minimum atomic E-state index is -0.832. The molecular weight excluding hydrogens is 412 g/mol. The number of fused-ring (bicyclic) bond motifs is 1. The standard InChI is InChI=1S/C24H22N2O6/c1-29-18-7-3-5-16(11-18)23(27)25-22(15-9-10-20-21(13-15)32-14-31-20)26-24(28)17-6-4-8-19(12-17)30-2/h3-13,22H,14H2,1-2H3,(H,25,27)(H,26,28). The fourth-order valence-electron chi connectivity index (χ4n) is 3.25. The summed E-state index contributed by atoms with van der Waals surface area (Å²) >= 11 is 0. The maximum atomic E-state index is 13.0. The molecule has 1 aliphatic heterocycles. The Morgan fingerprint density at radius 1 is 0.781 bits per heavy atom. The van der Waals surface area contributed by atoms with Gasteiger partial charge in [-0.15, -0.1) is 0 Å². The third-order valence-electron chi connectivity index (χ3n) is 4.94. The van der Waals surface area contributed by atoms with Crippen LogP contribution in [0.15, 0.2) is 66.7 Å². The van der Waals surface area contributed by atoms with E-state index >= 15 is 0 Å². The molecule has 3 aromatic carbocycles. The van der Waals surface area contributed by atoms with Gasteiger partial charge in [0.05, 0.1) is 14.2 Å². The van der Waals surface area contributed by atoms with Crippen LogP contribution in [0.3, 0.4) is 0 Å². The first-order chi connectivity index (χ1) is 15.6. The number of carbonyl (C=O) groups excluding carboxylic acids is 2. The maximum Gasteiger partial charge on any atom is 0.253 e. The number of methoxy groups -OCH3 is 2. The summed E-state index contributed by atoms with van der Waals surface area (Å²) < 4.78 is 21.2. The number of carbonyl (C=O) groups is 2. The number of ether oxygens (including phenoxy) is 4. The van der Waals surface area contributed by atoms with E-state index in [9.17, 15) is 9.59 Å². The highest BCUT2D eigenvalue weighted by Gasteiger charge is 2.22. The van der Waals surface area contributed by atoms with E-state index in [0.717, 1.165) is 0 Å². The van der Waals surface area contributed by atoms with Crippen molar-refractivity contribution in [3.8, 4) is 23.0 Å². The molecular formula is C24H22N2O6. The molecule has 32 heavy (non-hydrogen) atoms. The molecule has 1 aliphatic rings. The van der Waals surface area contributed by atoms with Gasteiger partial charge < -0.3 is 29.6 Å². The van der Waals surface area contributed by atoms with Crippen LogP contribution in [0, 0.1) is 0 Å². The van der Waals surface area contributed by atoms with Crippen LogP contribution in [0.4, 0.5) is 0 Å². The third-order valence-corrected chi connectivity index (χ3v) is 4.94. The monoisotopic (exact) mass is 434 g/mol. The lowest BCUT2D eigenvalue weighted by molar-refractivity contribution is 0.0882. The zero-order valence-electron chi connectivity index (χ0n) is 17.6. The number of benzene rings is 3. The largest absolute Gasteiger partial charge is 0.497 e. The second kappa shape index (κ2) is 9.30. The number of hydrogen-bond donors (Lipinski definition) is 2. The summed E-state index contributed by atoms with van der Waals surface area (Å²) in [5.74, 6) is 1.50. The van der Waals surface area contributed by atoms with Gasteiger partial charge in [-0.3, -0.25) is 9.59 Å². The number of rotatable bonds is 7. The smallest absolute Gasteiger partial charge is 0.253 e. The quantitative estimate of drug-likeness (QED) is 0.554. The topological polar surface area (TPSA) is 95.1 Å². The Morgan fingerprint density at radius 2 is 1.34 bits per heavy atom. The molecule has 2 amide bonds. The van der Waals surface area contributed by atoms with E-state index in [1.165, 1.54) is 14.2 Å². The molecule has 0 radical (unpaired) electrons. The van der Waals surface area contributed by atoms with Gasteiger partial charge in [0.15, 0.2) is 11.5 Å². The van der Waals surface area contributed by atoms with E-state index in [1.54, 1.807) is 66.7 Å². The van der Waals surface area contributed by atoms with Crippen molar-refractivity contribution in [2.24, 2.45) is 0 Å². The molecule has 0 aromatic heterocycles. The van der Waals surface area contributed by atoms with Gasteiger partial charge >= 0.3 is 0 Å². The summed E-state index contributed by atoms with van der Waals surface area (Å²) in [5, 5.41) is 5.73. The summed E-state index contributed by atoms with van der Waals surface area (Å²) in [5.41, 5.74) is 1.41. The second-order valence-corrected chi connectivity index (χ2v) is 6.96. The van der Waals surface area contributed by atoms with Crippen LogP contribution in [0.2, 0.25) is 0 Å². The van der Waals surface area contributed by atoms with E-state index < -0.39 is 6.17 Å². The average Bonchev–Trinajstić information content (AvgIpc) is 3.31. The Morgan fingerprint density at radius 3 is 1.91 bits per heavy atom. The van der Waals surface area contributed by atoms with Gasteiger partial charge in [0.2, 0.25) is 6.79 Å². The van der Waals surface area contributed by atoms with Crippen LogP contribution in [-0.2, 0) is 0 Å². The number of amides is 2. The molecule has 3 aromatic rings. The first-order valence-electron chi connectivity index (χ1n) is 9.87.